The molecule has 6 rings (SSSR count). The molecule has 2 aliphatic rings. The minimum Gasteiger partial charge on any atom is -0.388 e. The molecule has 2 aliphatic heterocycles. The van der Waals surface area contributed by atoms with E-state index in [1.807, 2.05) is 89.4 Å². The summed E-state index contributed by atoms with van der Waals surface area (Å²) in [7, 11) is 1.98. The number of nitrogens with zero attached hydrogens (tertiary/aromatic N) is 3. The van der Waals surface area contributed by atoms with Crippen LogP contribution in [0.4, 0.5) is 4.39 Å². The Kier molecular flexibility index (Phi) is 7.24. The number of aliphatic hydroxyl groups excluding tert-OH is 1. The summed E-state index contributed by atoms with van der Waals surface area (Å²) in [5.41, 5.74) is 3.78. The molecule has 202 valence electrons. The molecule has 0 bridgehead atoms. The van der Waals surface area contributed by atoms with Crippen molar-refractivity contribution in [3.63, 3.8) is 0 Å². The molecular weight excluding hydrogens is 489 g/mol. The van der Waals surface area contributed by atoms with Gasteiger partial charge >= 0.3 is 0 Å². The highest BCUT2D eigenvalue weighted by Gasteiger charge is 2.41. The van der Waals surface area contributed by atoms with Crippen molar-refractivity contribution in [2.24, 2.45) is 18.9 Å². The predicted molar refractivity (Wildman–Crippen MR) is 152 cm³/mol. The van der Waals surface area contributed by atoms with Gasteiger partial charge in [0, 0.05) is 44.2 Å². The number of hydrogen-bond acceptors (Lipinski definition) is 3. The lowest BCUT2D eigenvalue weighted by molar-refractivity contribution is 0.0701. The van der Waals surface area contributed by atoms with Gasteiger partial charge in [-0.25, -0.2) is 4.39 Å². The summed E-state index contributed by atoms with van der Waals surface area (Å²) < 4.78 is 15.4. The number of aryl methyl sites for hydroxylation is 1. The number of piperidine rings is 1. The number of amides is 1. The highest BCUT2D eigenvalue weighted by molar-refractivity contribution is 6.06. The molecule has 1 aromatic heterocycles. The maximum atomic E-state index is 13.9. The van der Waals surface area contributed by atoms with Crippen LogP contribution >= 0.6 is 0 Å². The molecule has 0 saturated carbocycles. The number of hydrogen-bond donors (Lipinski definition) is 1. The minimum atomic E-state index is -0.628. The van der Waals surface area contributed by atoms with E-state index in [2.05, 4.69) is 4.90 Å². The molecule has 0 radical (unpaired) electrons. The molecule has 1 N–H and O–H groups in total. The number of benzene rings is 3. The van der Waals surface area contributed by atoms with Crippen LogP contribution in [0.25, 0.3) is 10.9 Å². The second kappa shape index (κ2) is 10.9. The van der Waals surface area contributed by atoms with Gasteiger partial charge in [-0.05, 0) is 73.2 Å². The number of carbonyl (C=O) groups is 1. The van der Waals surface area contributed by atoms with Crippen molar-refractivity contribution in [2.75, 3.05) is 32.7 Å². The molecule has 3 atom stereocenters. The summed E-state index contributed by atoms with van der Waals surface area (Å²) in [6, 6.07) is 24.7. The second-order valence-corrected chi connectivity index (χ2v) is 11.3. The van der Waals surface area contributed by atoms with Crippen molar-refractivity contribution in [3.05, 3.63) is 108 Å². The van der Waals surface area contributed by atoms with Gasteiger partial charge in [-0.2, -0.15) is 0 Å². The summed E-state index contributed by atoms with van der Waals surface area (Å²) in [5, 5.41) is 12.6. The van der Waals surface area contributed by atoms with Gasteiger partial charge in [0.1, 0.15) is 5.82 Å². The molecule has 3 heterocycles. The van der Waals surface area contributed by atoms with E-state index in [1.54, 1.807) is 12.1 Å². The Balaban J connectivity index is 1.20. The zero-order valence-electron chi connectivity index (χ0n) is 22.4. The summed E-state index contributed by atoms with van der Waals surface area (Å²) >= 11 is 0. The number of aliphatic hydroxyl groups is 1. The van der Waals surface area contributed by atoms with E-state index in [0.29, 0.717) is 24.6 Å². The zero-order chi connectivity index (χ0) is 26.9. The SMILES string of the molecule is Cn1ccc2cccc(C(=O)N3CC(CN4CCC(c5ccc(F)cc5)CC4)[C@H](C(O)c4ccccc4)C3)c21. The van der Waals surface area contributed by atoms with Crippen LogP contribution in [0, 0.1) is 17.7 Å². The lowest BCUT2D eigenvalue weighted by Crippen LogP contribution is -2.39. The van der Waals surface area contributed by atoms with Crippen LogP contribution < -0.4 is 0 Å². The Bertz CT molecular complexity index is 1430. The monoisotopic (exact) mass is 525 g/mol. The van der Waals surface area contributed by atoms with Crippen molar-refractivity contribution in [1.82, 2.24) is 14.4 Å². The molecule has 5 nitrogen and oxygen atoms in total. The van der Waals surface area contributed by atoms with Gasteiger partial charge in [0.25, 0.3) is 5.91 Å². The highest BCUT2D eigenvalue weighted by Crippen LogP contribution is 2.37. The fourth-order valence-corrected chi connectivity index (χ4v) is 6.73. The van der Waals surface area contributed by atoms with Crippen LogP contribution in [-0.4, -0.2) is 58.1 Å². The number of carbonyl (C=O) groups excluding carboxylic acids is 1. The summed E-state index contributed by atoms with van der Waals surface area (Å²) in [6.45, 7) is 3.94. The number of rotatable bonds is 6. The third-order valence-corrected chi connectivity index (χ3v) is 8.88. The first-order valence-electron chi connectivity index (χ1n) is 14.0. The van der Waals surface area contributed by atoms with E-state index in [9.17, 15) is 14.3 Å². The standard InChI is InChI=1S/C33H36FN3O2/c1-35-17-14-25-8-5-9-29(31(25)35)33(39)37-21-27(30(22-37)32(38)26-6-3-2-4-7-26)20-36-18-15-24(16-19-36)23-10-12-28(34)13-11-23/h2-14,17,24,27,30,32,38H,15-16,18-22H2,1H3/t27?,30-,32?/m1/s1. The van der Waals surface area contributed by atoms with E-state index in [4.69, 9.17) is 0 Å². The van der Waals surface area contributed by atoms with E-state index < -0.39 is 6.10 Å². The largest absolute Gasteiger partial charge is 0.388 e. The normalized spacial score (nSPS) is 21.5. The Labute approximate surface area is 229 Å². The fourth-order valence-electron chi connectivity index (χ4n) is 6.73. The van der Waals surface area contributed by atoms with Gasteiger partial charge in [-0.3, -0.25) is 4.79 Å². The van der Waals surface area contributed by atoms with Crippen LogP contribution in [0.15, 0.2) is 85.1 Å². The van der Waals surface area contributed by atoms with Crippen LogP contribution in [0.1, 0.15) is 46.3 Å². The first-order chi connectivity index (χ1) is 19.0. The lowest BCUT2D eigenvalue weighted by atomic mass is 9.85. The molecule has 39 heavy (non-hydrogen) atoms. The van der Waals surface area contributed by atoms with Crippen LogP contribution in [0.3, 0.4) is 0 Å². The fraction of sp³-hybridized carbons (Fsp3) is 0.364. The smallest absolute Gasteiger partial charge is 0.256 e. The number of aromatic nitrogens is 1. The summed E-state index contributed by atoms with van der Waals surface area (Å²) in [4.78, 5) is 18.3. The van der Waals surface area contributed by atoms with Gasteiger partial charge in [0.15, 0.2) is 0 Å². The van der Waals surface area contributed by atoms with E-state index in [0.717, 1.165) is 48.9 Å². The van der Waals surface area contributed by atoms with Crippen LogP contribution in [-0.2, 0) is 7.05 Å². The number of para-hydroxylation sites is 1. The Morgan fingerprint density at radius 1 is 0.949 bits per heavy atom. The van der Waals surface area contributed by atoms with Gasteiger partial charge in [-0.1, -0.05) is 54.6 Å². The van der Waals surface area contributed by atoms with Crippen molar-refractivity contribution < 1.29 is 14.3 Å². The maximum Gasteiger partial charge on any atom is 0.256 e. The Morgan fingerprint density at radius 3 is 2.44 bits per heavy atom. The maximum absolute atomic E-state index is 13.9. The van der Waals surface area contributed by atoms with Crippen molar-refractivity contribution in [2.45, 2.75) is 24.9 Å². The van der Waals surface area contributed by atoms with Gasteiger partial charge < -0.3 is 19.5 Å². The second-order valence-electron chi connectivity index (χ2n) is 11.3. The summed E-state index contributed by atoms with van der Waals surface area (Å²) in [6.07, 6.45) is 3.42. The predicted octanol–water partition coefficient (Wildman–Crippen LogP) is 5.62. The quantitative estimate of drug-likeness (QED) is 0.356. The Hall–Kier alpha value is -3.48. The average Bonchev–Trinajstić information content (AvgIpc) is 3.57. The van der Waals surface area contributed by atoms with Gasteiger partial charge in [-0.15, -0.1) is 0 Å². The van der Waals surface area contributed by atoms with Crippen molar-refractivity contribution in [1.29, 1.82) is 0 Å². The number of halogens is 1. The van der Waals surface area contributed by atoms with Crippen LogP contribution in [0.2, 0.25) is 0 Å². The molecule has 0 aliphatic carbocycles. The first kappa shape index (κ1) is 25.8. The van der Waals surface area contributed by atoms with Crippen molar-refractivity contribution >= 4 is 16.8 Å². The molecule has 2 fully saturated rings. The first-order valence-corrected chi connectivity index (χ1v) is 14.0. The molecule has 6 heteroatoms. The molecule has 3 aromatic carbocycles. The third kappa shape index (κ3) is 5.23. The van der Waals surface area contributed by atoms with Crippen molar-refractivity contribution in [3.8, 4) is 0 Å². The Morgan fingerprint density at radius 2 is 1.69 bits per heavy atom. The summed E-state index contributed by atoms with van der Waals surface area (Å²) in [5.74, 6) is 0.408. The minimum absolute atomic E-state index is 0.0326. The topological polar surface area (TPSA) is 48.7 Å². The third-order valence-electron chi connectivity index (χ3n) is 8.88. The average molecular weight is 526 g/mol. The molecule has 2 saturated heterocycles. The van der Waals surface area contributed by atoms with Crippen LogP contribution in [0.5, 0.6) is 0 Å². The number of likely N-dealkylation sites (tertiary alicyclic amines) is 2. The molecular formula is C33H36FN3O2. The molecule has 0 spiro atoms. The zero-order valence-corrected chi connectivity index (χ0v) is 22.4. The van der Waals surface area contributed by atoms with E-state index in [1.165, 1.54) is 5.56 Å². The highest BCUT2D eigenvalue weighted by atomic mass is 19.1. The lowest BCUT2D eigenvalue weighted by Gasteiger charge is -2.35. The van der Waals surface area contributed by atoms with Gasteiger partial charge in [0.05, 0.1) is 17.2 Å². The molecule has 2 unspecified atom stereocenters. The number of fused-ring (bicyclic) bond motifs is 1. The van der Waals surface area contributed by atoms with Gasteiger partial charge in [0.2, 0.25) is 0 Å². The van der Waals surface area contributed by atoms with E-state index in [-0.39, 0.29) is 23.6 Å². The van der Waals surface area contributed by atoms with E-state index >= 15 is 0 Å². The molecule has 4 aromatic rings. The molecule has 1 amide bonds.